The number of carbonyl (C=O) groups excluding carboxylic acids is 1. The zero-order chi connectivity index (χ0) is 21.8. The SMILES string of the molecule is Cc1c([N+](=O)[O-])cc(NC(=O)c2ccc(COc3cccc(Cl)c3)o2)cc1[N+](=O)[O-]. The van der Waals surface area contributed by atoms with Crippen LogP contribution in [0.5, 0.6) is 5.75 Å². The summed E-state index contributed by atoms with van der Waals surface area (Å²) in [5.41, 5.74) is -1.16. The fourth-order valence-electron chi connectivity index (χ4n) is 2.62. The molecule has 0 radical (unpaired) electrons. The van der Waals surface area contributed by atoms with E-state index in [1.165, 1.54) is 19.1 Å². The van der Waals surface area contributed by atoms with Gasteiger partial charge < -0.3 is 14.5 Å². The predicted octanol–water partition coefficient (Wildman–Crippen LogP) is 4.89. The quantitative estimate of drug-likeness (QED) is 0.415. The first kappa shape index (κ1) is 20.8. The molecule has 0 bridgehead atoms. The van der Waals surface area contributed by atoms with Crippen molar-refractivity contribution in [3.05, 3.63) is 90.9 Å². The maximum absolute atomic E-state index is 12.4. The molecule has 30 heavy (non-hydrogen) atoms. The monoisotopic (exact) mass is 431 g/mol. The first-order valence-electron chi connectivity index (χ1n) is 8.46. The molecule has 10 nitrogen and oxygen atoms in total. The Morgan fingerprint density at radius 1 is 1.10 bits per heavy atom. The number of amides is 1. The average molecular weight is 432 g/mol. The molecule has 3 rings (SSSR count). The molecule has 1 heterocycles. The zero-order valence-corrected chi connectivity index (χ0v) is 16.2. The third-order valence-electron chi connectivity index (χ3n) is 4.07. The maximum atomic E-state index is 12.4. The molecule has 0 spiro atoms. The van der Waals surface area contributed by atoms with Crippen LogP contribution in [0, 0.1) is 27.2 Å². The van der Waals surface area contributed by atoms with E-state index in [9.17, 15) is 25.0 Å². The molecule has 11 heteroatoms. The summed E-state index contributed by atoms with van der Waals surface area (Å²) < 4.78 is 10.9. The van der Waals surface area contributed by atoms with Gasteiger partial charge in [-0.2, -0.15) is 0 Å². The predicted molar refractivity (Wildman–Crippen MR) is 107 cm³/mol. The van der Waals surface area contributed by atoms with Gasteiger partial charge in [0.1, 0.15) is 23.7 Å². The van der Waals surface area contributed by atoms with Crippen molar-refractivity contribution in [2.75, 3.05) is 5.32 Å². The molecule has 1 aromatic heterocycles. The van der Waals surface area contributed by atoms with E-state index in [4.69, 9.17) is 20.8 Å². The van der Waals surface area contributed by atoms with Gasteiger partial charge in [-0.15, -0.1) is 0 Å². The lowest BCUT2D eigenvalue weighted by atomic mass is 10.1. The van der Waals surface area contributed by atoms with Crippen molar-refractivity contribution in [3.63, 3.8) is 0 Å². The van der Waals surface area contributed by atoms with Crippen LogP contribution in [0.25, 0.3) is 0 Å². The standard InChI is InChI=1S/C19H14ClN3O7/c1-11-16(22(25)26)8-13(9-17(11)23(27)28)21-19(24)18-6-5-15(30-18)10-29-14-4-2-3-12(20)7-14/h2-9H,10H2,1H3,(H,21,24). The first-order chi connectivity index (χ1) is 14.2. The summed E-state index contributed by atoms with van der Waals surface area (Å²) in [6, 6.07) is 11.8. The molecule has 1 amide bonds. The lowest BCUT2D eigenvalue weighted by molar-refractivity contribution is -0.395. The number of nitro benzene ring substituents is 2. The molecule has 0 atom stereocenters. The molecule has 0 aliphatic carbocycles. The third-order valence-corrected chi connectivity index (χ3v) is 4.30. The Labute approximate surface area is 174 Å². The van der Waals surface area contributed by atoms with E-state index in [2.05, 4.69) is 5.32 Å². The molecule has 0 saturated heterocycles. The van der Waals surface area contributed by atoms with Crippen LogP contribution < -0.4 is 10.1 Å². The van der Waals surface area contributed by atoms with Crippen LogP contribution in [0.1, 0.15) is 21.9 Å². The fraction of sp³-hybridized carbons (Fsp3) is 0.105. The van der Waals surface area contributed by atoms with E-state index in [1.807, 2.05) is 0 Å². The Morgan fingerprint density at radius 3 is 2.37 bits per heavy atom. The molecule has 2 aromatic carbocycles. The topological polar surface area (TPSA) is 138 Å². The Kier molecular flexibility index (Phi) is 5.98. The minimum Gasteiger partial charge on any atom is -0.486 e. The number of rotatable bonds is 7. The minimum absolute atomic E-state index is 0.0368. The van der Waals surface area contributed by atoms with Crippen LogP contribution in [0.4, 0.5) is 17.1 Å². The summed E-state index contributed by atoms with van der Waals surface area (Å²) >= 11 is 5.88. The number of halogens is 1. The van der Waals surface area contributed by atoms with Crippen molar-refractivity contribution in [1.29, 1.82) is 0 Å². The number of nitro groups is 2. The van der Waals surface area contributed by atoms with Gasteiger partial charge in [-0.3, -0.25) is 25.0 Å². The van der Waals surface area contributed by atoms with E-state index in [0.29, 0.717) is 16.5 Å². The molecule has 0 unspecified atom stereocenters. The Hall–Kier alpha value is -3.92. The molecule has 1 N–H and O–H groups in total. The highest BCUT2D eigenvalue weighted by Crippen LogP contribution is 2.32. The lowest BCUT2D eigenvalue weighted by Gasteiger charge is -2.06. The number of hydrogen-bond donors (Lipinski definition) is 1. The van der Waals surface area contributed by atoms with Crippen molar-refractivity contribution in [2.45, 2.75) is 13.5 Å². The summed E-state index contributed by atoms with van der Waals surface area (Å²) in [5.74, 6) is 0.0483. The van der Waals surface area contributed by atoms with Gasteiger partial charge in [0.15, 0.2) is 5.76 Å². The summed E-state index contributed by atoms with van der Waals surface area (Å²) in [7, 11) is 0. The van der Waals surface area contributed by atoms with Gasteiger partial charge in [0.25, 0.3) is 17.3 Å². The molecular formula is C19H14ClN3O7. The van der Waals surface area contributed by atoms with Crippen molar-refractivity contribution >= 4 is 34.6 Å². The van der Waals surface area contributed by atoms with Crippen LogP contribution in [0.15, 0.2) is 52.9 Å². The summed E-state index contributed by atoms with van der Waals surface area (Å²) in [4.78, 5) is 33.2. The Morgan fingerprint density at radius 2 is 1.77 bits per heavy atom. The van der Waals surface area contributed by atoms with Gasteiger partial charge >= 0.3 is 0 Å². The van der Waals surface area contributed by atoms with Crippen molar-refractivity contribution in [1.82, 2.24) is 0 Å². The van der Waals surface area contributed by atoms with Gasteiger partial charge in [-0.25, -0.2) is 0 Å². The van der Waals surface area contributed by atoms with Crippen LogP contribution in [0.2, 0.25) is 5.02 Å². The van der Waals surface area contributed by atoms with Gasteiger partial charge in [-0.1, -0.05) is 17.7 Å². The number of furan rings is 1. The van der Waals surface area contributed by atoms with Crippen molar-refractivity contribution < 1.29 is 23.8 Å². The van der Waals surface area contributed by atoms with Gasteiger partial charge in [-0.05, 0) is 37.3 Å². The smallest absolute Gasteiger partial charge is 0.291 e. The van der Waals surface area contributed by atoms with Crippen LogP contribution in [-0.4, -0.2) is 15.8 Å². The second-order valence-corrected chi connectivity index (χ2v) is 6.56. The van der Waals surface area contributed by atoms with Gasteiger partial charge in [0, 0.05) is 17.2 Å². The van der Waals surface area contributed by atoms with Crippen LogP contribution in [-0.2, 0) is 6.61 Å². The van der Waals surface area contributed by atoms with E-state index in [0.717, 1.165) is 12.1 Å². The number of hydrogen-bond acceptors (Lipinski definition) is 7. The highest BCUT2D eigenvalue weighted by molar-refractivity contribution is 6.30. The van der Waals surface area contributed by atoms with Gasteiger partial charge in [0.05, 0.1) is 15.5 Å². The second kappa shape index (κ2) is 8.62. The molecule has 154 valence electrons. The summed E-state index contributed by atoms with van der Waals surface area (Å²) in [6.07, 6.45) is 0. The highest BCUT2D eigenvalue weighted by Gasteiger charge is 2.24. The molecule has 0 saturated carbocycles. The molecular weight excluding hydrogens is 418 g/mol. The largest absolute Gasteiger partial charge is 0.486 e. The number of nitrogens with one attached hydrogen (secondary N) is 1. The second-order valence-electron chi connectivity index (χ2n) is 6.12. The number of anilines is 1. The Bertz CT molecular complexity index is 1110. The maximum Gasteiger partial charge on any atom is 0.291 e. The van der Waals surface area contributed by atoms with Crippen LogP contribution in [0.3, 0.4) is 0 Å². The van der Waals surface area contributed by atoms with E-state index >= 15 is 0 Å². The van der Waals surface area contributed by atoms with E-state index < -0.39 is 27.1 Å². The fourth-order valence-corrected chi connectivity index (χ4v) is 2.80. The minimum atomic E-state index is -0.754. The normalized spacial score (nSPS) is 10.5. The zero-order valence-electron chi connectivity index (χ0n) is 15.5. The Balaban J connectivity index is 1.74. The molecule has 3 aromatic rings. The van der Waals surface area contributed by atoms with Crippen LogP contribution >= 0.6 is 11.6 Å². The summed E-state index contributed by atoms with van der Waals surface area (Å²) in [5, 5.41) is 25.2. The van der Waals surface area contributed by atoms with Crippen molar-refractivity contribution in [3.8, 4) is 5.75 Å². The summed E-state index contributed by atoms with van der Waals surface area (Å²) in [6.45, 7) is 1.30. The first-order valence-corrected chi connectivity index (χ1v) is 8.84. The third kappa shape index (κ3) is 4.73. The average Bonchev–Trinajstić information content (AvgIpc) is 3.16. The van der Waals surface area contributed by atoms with Gasteiger partial charge in [0.2, 0.25) is 0 Å². The molecule has 0 aliphatic rings. The number of benzene rings is 2. The molecule has 0 fully saturated rings. The van der Waals surface area contributed by atoms with E-state index in [1.54, 1.807) is 24.3 Å². The van der Waals surface area contributed by atoms with E-state index in [-0.39, 0.29) is 23.6 Å². The highest BCUT2D eigenvalue weighted by atomic mass is 35.5. The van der Waals surface area contributed by atoms with Crippen molar-refractivity contribution in [2.24, 2.45) is 0 Å². The number of nitrogens with zero attached hydrogens (tertiary/aromatic N) is 2. The molecule has 0 aliphatic heterocycles. The number of ether oxygens (including phenoxy) is 1. The lowest BCUT2D eigenvalue weighted by Crippen LogP contribution is -2.12. The number of carbonyl (C=O) groups is 1.